The monoisotopic (exact) mass is 357 g/mol. The van der Waals surface area contributed by atoms with E-state index >= 15 is 0 Å². The summed E-state index contributed by atoms with van der Waals surface area (Å²) in [5.74, 6) is 2.30. The average Bonchev–Trinajstić information content (AvgIpc) is 2.69. The Morgan fingerprint density at radius 1 is 1.00 bits per heavy atom. The number of anilines is 2. The minimum atomic E-state index is 0.574. The lowest BCUT2D eigenvalue weighted by molar-refractivity contribution is 0.171. The van der Waals surface area contributed by atoms with E-state index in [9.17, 15) is 0 Å². The molecule has 4 rings (SSSR count). The summed E-state index contributed by atoms with van der Waals surface area (Å²) >= 11 is 5.56. The highest BCUT2D eigenvalue weighted by Gasteiger charge is 2.21. The number of nitrogens with one attached hydrogen (secondary N) is 1. The molecule has 1 saturated heterocycles. The Morgan fingerprint density at radius 3 is 2.48 bits per heavy atom. The Labute approximate surface area is 151 Å². The number of fused-ring (bicyclic) bond motifs is 1. The van der Waals surface area contributed by atoms with Crippen molar-refractivity contribution in [3.8, 4) is 11.5 Å². The van der Waals surface area contributed by atoms with E-state index in [1.165, 1.54) is 0 Å². The number of piperazine rings is 1. The molecule has 3 heterocycles. The summed E-state index contributed by atoms with van der Waals surface area (Å²) in [6, 6.07) is 7.61. The van der Waals surface area contributed by atoms with Crippen molar-refractivity contribution in [2.75, 3.05) is 49.6 Å². The van der Waals surface area contributed by atoms with Gasteiger partial charge in [-0.15, -0.1) is 0 Å². The highest BCUT2D eigenvalue weighted by Crippen LogP contribution is 2.32. The summed E-state index contributed by atoms with van der Waals surface area (Å²) in [4.78, 5) is 12.9. The molecule has 25 heavy (non-hydrogen) atoms. The lowest BCUT2D eigenvalue weighted by atomic mass is 10.2. The average molecular weight is 357 g/mol. The Morgan fingerprint density at radius 2 is 1.72 bits per heavy atom. The van der Waals surface area contributed by atoms with Crippen molar-refractivity contribution in [2.24, 2.45) is 0 Å². The highest BCUT2D eigenvalue weighted by atomic mass is 32.1. The van der Waals surface area contributed by atoms with Gasteiger partial charge in [-0.3, -0.25) is 0 Å². The maximum Gasteiger partial charge on any atom is 0.225 e. The van der Waals surface area contributed by atoms with E-state index in [2.05, 4.69) is 25.1 Å². The van der Waals surface area contributed by atoms with Gasteiger partial charge >= 0.3 is 0 Å². The molecule has 0 amide bonds. The lowest BCUT2D eigenvalue weighted by Gasteiger charge is -2.36. The first kappa shape index (κ1) is 15.9. The second-order valence-electron chi connectivity index (χ2n) is 5.81. The zero-order valence-electron chi connectivity index (χ0n) is 13.7. The van der Waals surface area contributed by atoms with Crippen LogP contribution in [0.25, 0.3) is 0 Å². The summed E-state index contributed by atoms with van der Waals surface area (Å²) in [5, 5.41) is 4.00. The van der Waals surface area contributed by atoms with Crippen LogP contribution >= 0.6 is 12.2 Å². The van der Waals surface area contributed by atoms with Gasteiger partial charge in [0.15, 0.2) is 16.6 Å². The van der Waals surface area contributed by atoms with Gasteiger partial charge in [-0.1, -0.05) is 0 Å². The first-order valence-corrected chi connectivity index (χ1v) is 8.68. The van der Waals surface area contributed by atoms with E-state index in [0.29, 0.717) is 18.3 Å². The van der Waals surface area contributed by atoms with Crippen molar-refractivity contribution in [1.82, 2.24) is 14.9 Å². The zero-order valence-corrected chi connectivity index (χ0v) is 14.5. The summed E-state index contributed by atoms with van der Waals surface area (Å²) < 4.78 is 11.2. The van der Waals surface area contributed by atoms with Crippen LogP contribution in [-0.4, -0.2) is 59.4 Å². The van der Waals surface area contributed by atoms with Crippen molar-refractivity contribution < 1.29 is 9.47 Å². The van der Waals surface area contributed by atoms with Crippen LogP contribution < -0.4 is 19.7 Å². The van der Waals surface area contributed by atoms with Crippen molar-refractivity contribution >= 4 is 29.0 Å². The molecule has 8 heteroatoms. The van der Waals surface area contributed by atoms with Crippen molar-refractivity contribution in [3.05, 3.63) is 36.7 Å². The number of nitrogens with zero attached hydrogens (tertiary/aromatic N) is 4. The van der Waals surface area contributed by atoms with E-state index in [1.807, 2.05) is 24.3 Å². The third-order valence-electron chi connectivity index (χ3n) is 4.20. The molecule has 7 nitrogen and oxygen atoms in total. The highest BCUT2D eigenvalue weighted by molar-refractivity contribution is 7.80. The third-order valence-corrected chi connectivity index (χ3v) is 4.56. The third kappa shape index (κ3) is 3.58. The molecule has 1 N–H and O–H groups in total. The largest absolute Gasteiger partial charge is 0.486 e. The SMILES string of the molecule is S=C(Nc1ccc2c(c1)OCCO2)N1CCN(c2ncccn2)CC1. The normalized spacial score (nSPS) is 16.5. The molecule has 0 atom stereocenters. The summed E-state index contributed by atoms with van der Waals surface area (Å²) in [6.07, 6.45) is 3.53. The molecular formula is C17H19N5O2S. The Kier molecular flexibility index (Phi) is 4.51. The molecule has 0 spiro atoms. The first-order valence-electron chi connectivity index (χ1n) is 8.27. The van der Waals surface area contributed by atoms with Gasteiger partial charge in [-0.05, 0) is 30.4 Å². The summed E-state index contributed by atoms with van der Waals surface area (Å²) in [6.45, 7) is 4.50. The fourth-order valence-electron chi connectivity index (χ4n) is 2.89. The number of ether oxygens (including phenoxy) is 2. The van der Waals surface area contributed by atoms with Crippen LogP contribution in [0.3, 0.4) is 0 Å². The van der Waals surface area contributed by atoms with Crippen LogP contribution in [-0.2, 0) is 0 Å². The van der Waals surface area contributed by atoms with Gasteiger partial charge in [0.1, 0.15) is 13.2 Å². The topological polar surface area (TPSA) is 62.8 Å². The molecule has 2 aromatic rings. The first-order chi connectivity index (χ1) is 12.3. The van der Waals surface area contributed by atoms with Crippen LogP contribution in [0.2, 0.25) is 0 Å². The van der Waals surface area contributed by atoms with Gasteiger partial charge in [0.2, 0.25) is 5.95 Å². The molecule has 0 aliphatic carbocycles. The number of aromatic nitrogens is 2. The maximum absolute atomic E-state index is 5.61. The van der Waals surface area contributed by atoms with E-state index in [-0.39, 0.29) is 0 Å². The molecule has 2 aliphatic heterocycles. The minimum absolute atomic E-state index is 0.574. The molecular weight excluding hydrogens is 338 g/mol. The van der Waals surface area contributed by atoms with Gasteiger partial charge in [-0.25, -0.2) is 9.97 Å². The zero-order chi connectivity index (χ0) is 17.1. The molecule has 1 aromatic carbocycles. The maximum atomic E-state index is 5.61. The number of rotatable bonds is 2. The second kappa shape index (κ2) is 7.10. The molecule has 130 valence electrons. The predicted molar refractivity (Wildman–Crippen MR) is 99.5 cm³/mol. The van der Waals surface area contributed by atoms with E-state index in [0.717, 1.165) is 49.3 Å². The van der Waals surface area contributed by atoms with Crippen LogP contribution in [0.5, 0.6) is 11.5 Å². The fraction of sp³-hybridized carbons (Fsp3) is 0.353. The number of hydrogen-bond acceptors (Lipinski definition) is 6. The fourth-order valence-corrected chi connectivity index (χ4v) is 3.19. The molecule has 0 radical (unpaired) electrons. The number of thiocarbonyl (C=S) groups is 1. The van der Waals surface area contributed by atoms with Crippen LogP contribution in [0.1, 0.15) is 0 Å². The molecule has 1 aromatic heterocycles. The standard InChI is InChI=1S/C17H19N5O2S/c25-17(20-13-2-3-14-15(12-13)24-11-10-23-14)22-8-6-21(7-9-22)16-18-4-1-5-19-16/h1-5,12H,6-11H2,(H,20,25). The van der Waals surface area contributed by atoms with E-state index in [4.69, 9.17) is 21.7 Å². The van der Waals surface area contributed by atoms with Crippen LogP contribution in [0.4, 0.5) is 11.6 Å². The van der Waals surface area contributed by atoms with Crippen molar-refractivity contribution in [1.29, 1.82) is 0 Å². The van der Waals surface area contributed by atoms with Gasteiger partial charge in [0.25, 0.3) is 0 Å². The van der Waals surface area contributed by atoms with Gasteiger partial charge in [0.05, 0.1) is 0 Å². The lowest BCUT2D eigenvalue weighted by Crippen LogP contribution is -2.50. The Bertz CT molecular complexity index is 750. The molecule has 2 aliphatic rings. The quantitative estimate of drug-likeness (QED) is 0.816. The van der Waals surface area contributed by atoms with Gasteiger partial charge in [-0.2, -0.15) is 0 Å². The number of hydrogen-bond donors (Lipinski definition) is 1. The second-order valence-corrected chi connectivity index (χ2v) is 6.20. The summed E-state index contributed by atoms with van der Waals surface area (Å²) in [7, 11) is 0. The Balaban J connectivity index is 1.35. The van der Waals surface area contributed by atoms with Crippen molar-refractivity contribution in [2.45, 2.75) is 0 Å². The van der Waals surface area contributed by atoms with Crippen LogP contribution in [0.15, 0.2) is 36.7 Å². The summed E-state index contributed by atoms with van der Waals surface area (Å²) in [5.41, 5.74) is 0.906. The van der Waals surface area contributed by atoms with Crippen molar-refractivity contribution in [3.63, 3.8) is 0 Å². The van der Waals surface area contributed by atoms with E-state index < -0.39 is 0 Å². The van der Waals surface area contributed by atoms with Crippen LogP contribution in [0, 0.1) is 0 Å². The molecule has 0 unspecified atom stereocenters. The Hall–Kier alpha value is -2.61. The minimum Gasteiger partial charge on any atom is -0.486 e. The molecule has 1 fully saturated rings. The molecule has 0 bridgehead atoms. The number of benzene rings is 1. The van der Waals surface area contributed by atoms with E-state index in [1.54, 1.807) is 12.4 Å². The smallest absolute Gasteiger partial charge is 0.225 e. The van der Waals surface area contributed by atoms with Gasteiger partial charge in [0, 0.05) is 50.3 Å². The predicted octanol–water partition coefficient (Wildman–Crippen LogP) is 1.77. The molecule has 0 saturated carbocycles. The van der Waals surface area contributed by atoms with Gasteiger partial charge < -0.3 is 24.6 Å².